The van der Waals surface area contributed by atoms with Crippen molar-refractivity contribution in [3.8, 4) is 11.5 Å². The van der Waals surface area contributed by atoms with Crippen LogP contribution in [-0.2, 0) is 22.4 Å². The maximum absolute atomic E-state index is 12.6. The number of ether oxygens (including phenoxy) is 3. The third-order valence-electron chi connectivity index (χ3n) is 4.60. The SMILES string of the molecule is COc1cccc(/C=C/C(=O)OCC(=O)c2ccc3c(c2)CCC3)c1OC(F)F. The van der Waals surface area contributed by atoms with E-state index in [1.54, 1.807) is 12.1 Å². The number of carbonyl (C=O) groups is 2. The Labute approximate surface area is 166 Å². The number of hydrogen-bond acceptors (Lipinski definition) is 5. The molecule has 152 valence electrons. The molecule has 0 atom stereocenters. The molecule has 0 fully saturated rings. The average Bonchev–Trinajstić information content (AvgIpc) is 3.18. The van der Waals surface area contributed by atoms with Crippen LogP contribution in [0.3, 0.4) is 0 Å². The summed E-state index contributed by atoms with van der Waals surface area (Å²) >= 11 is 0. The number of benzene rings is 2. The number of halogens is 2. The van der Waals surface area contributed by atoms with Crippen LogP contribution in [0.1, 0.15) is 33.5 Å². The lowest BCUT2D eigenvalue weighted by atomic mass is 10.0. The van der Waals surface area contributed by atoms with Gasteiger partial charge in [-0.25, -0.2) is 4.79 Å². The number of fused-ring (bicyclic) bond motifs is 1. The molecule has 2 aromatic carbocycles. The quantitative estimate of drug-likeness (QED) is 0.376. The third kappa shape index (κ3) is 5.19. The smallest absolute Gasteiger partial charge is 0.387 e. The van der Waals surface area contributed by atoms with Crippen molar-refractivity contribution in [2.24, 2.45) is 0 Å². The van der Waals surface area contributed by atoms with E-state index in [2.05, 4.69) is 4.74 Å². The summed E-state index contributed by atoms with van der Waals surface area (Å²) in [7, 11) is 1.32. The fourth-order valence-corrected chi connectivity index (χ4v) is 3.21. The van der Waals surface area contributed by atoms with Gasteiger partial charge in [-0.3, -0.25) is 4.79 Å². The van der Waals surface area contributed by atoms with E-state index < -0.39 is 19.2 Å². The number of alkyl halides is 2. The lowest BCUT2D eigenvalue weighted by molar-refractivity contribution is -0.136. The van der Waals surface area contributed by atoms with Crippen molar-refractivity contribution in [1.82, 2.24) is 0 Å². The molecule has 7 heteroatoms. The fraction of sp³-hybridized carbons (Fsp3) is 0.273. The summed E-state index contributed by atoms with van der Waals surface area (Å²) < 4.78 is 39.7. The molecule has 29 heavy (non-hydrogen) atoms. The zero-order valence-electron chi connectivity index (χ0n) is 15.8. The standard InChI is InChI=1S/C22H20F2O5/c1-27-19-7-3-5-15(21(19)29-22(23)24)10-11-20(26)28-13-18(25)17-9-8-14-4-2-6-16(14)12-17/h3,5,7-12,22H,2,4,6,13H2,1H3/b11-10+. The monoisotopic (exact) mass is 402 g/mol. The van der Waals surface area contributed by atoms with E-state index in [9.17, 15) is 18.4 Å². The zero-order valence-corrected chi connectivity index (χ0v) is 15.8. The first kappa shape index (κ1) is 20.5. The Bertz CT molecular complexity index is 937. The van der Waals surface area contributed by atoms with Crippen molar-refractivity contribution >= 4 is 17.8 Å². The van der Waals surface area contributed by atoms with E-state index in [0.717, 1.165) is 30.9 Å². The van der Waals surface area contributed by atoms with Gasteiger partial charge in [0.1, 0.15) is 0 Å². The molecule has 0 unspecified atom stereocenters. The number of hydrogen-bond donors (Lipinski definition) is 0. The van der Waals surface area contributed by atoms with Crippen LogP contribution in [0.4, 0.5) is 8.78 Å². The molecule has 0 bridgehead atoms. The van der Waals surface area contributed by atoms with Gasteiger partial charge >= 0.3 is 12.6 Å². The van der Waals surface area contributed by atoms with Crippen molar-refractivity contribution in [3.63, 3.8) is 0 Å². The second-order valence-corrected chi connectivity index (χ2v) is 6.46. The molecule has 0 amide bonds. The van der Waals surface area contributed by atoms with Gasteiger partial charge in [0, 0.05) is 17.2 Å². The largest absolute Gasteiger partial charge is 0.493 e. The van der Waals surface area contributed by atoms with E-state index in [4.69, 9.17) is 9.47 Å². The Morgan fingerprint density at radius 2 is 1.93 bits per heavy atom. The highest BCUT2D eigenvalue weighted by Gasteiger charge is 2.16. The minimum atomic E-state index is -3.05. The van der Waals surface area contributed by atoms with Gasteiger partial charge in [0.05, 0.1) is 7.11 Å². The Morgan fingerprint density at radius 3 is 2.69 bits per heavy atom. The summed E-state index contributed by atoms with van der Waals surface area (Å²) in [6.07, 6.45) is 5.35. The number of ketones is 1. The summed E-state index contributed by atoms with van der Waals surface area (Å²) in [5, 5.41) is 0. The Hall–Kier alpha value is -3.22. The molecule has 0 N–H and O–H groups in total. The second kappa shape index (κ2) is 9.32. The van der Waals surface area contributed by atoms with Crippen molar-refractivity contribution in [2.45, 2.75) is 25.9 Å². The molecule has 5 nitrogen and oxygen atoms in total. The number of Topliss-reactive ketones (excluding diaryl/α,β-unsaturated/α-hetero) is 1. The molecule has 1 aliphatic carbocycles. The van der Waals surface area contributed by atoms with Gasteiger partial charge in [-0.05, 0) is 48.6 Å². The molecule has 2 aromatic rings. The molecule has 0 saturated heterocycles. The lowest BCUT2D eigenvalue weighted by Gasteiger charge is -2.12. The summed E-state index contributed by atoms with van der Waals surface area (Å²) in [5.74, 6) is -1.16. The Kier molecular flexibility index (Phi) is 6.59. The summed E-state index contributed by atoms with van der Waals surface area (Å²) in [6, 6.07) is 10.0. The van der Waals surface area contributed by atoms with Crippen LogP contribution in [0.5, 0.6) is 11.5 Å². The molecule has 0 radical (unpaired) electrons. The number of methoxy groups -OCH3 is 1. The summed E-state index contributed by atoms with van der Waals surface area (Å²) in [6.45, 7) is -3.45. The minimum absolute atomic E-state index is 0.104. The lowest BCUT2D eigenvalue weighted by Crippen LogP contribution is -2.13. The van der Waals surface area contributed by atoms with Gasteiger partial charge in [0.25, 0.3) is 0 Å². The van der Waals surface area contributed by atoms with Gasteiger partial charge in [-0.15, -0.1) is 0 Å². The van der Waals surface area contributed by atoms with Gasteiger partial charge in [-0.2, -0.15) is 8.78 Å². The minimum Gasteiger partial charge on any atom is -0.493 e. The van der Waals surface area contributed by atoms with Crippen LogP contribution >= 0.6 is 0 Å². The van der Waals surface area contributed by atoms with Crippen LogP contribution in [0.25, 0.3) is 6.08 Å². The first-order valence-corrected chi connectivity index (χ1v) is 9.09. The molecule has 1 aliphatic rings. The maximum atomic E-state index is 12.6. The van der Waals surface area contributed by atoms with Crippen LogP contribution in [0.15, 0.2) is 42.5 Å². The molecule has 0 aliphatic heterocycles. The number of aryl methyl sites for hydroxylation is 2. The van der Waals surface area contributed by atoms with Gasteiger partial charge in [0.2, 0.25) is 0 Å². The summed E-state index contributed by atoms with van der Waals surface area (Å²) in [4.78, 5) is 24.2. The van der Waals surface area contributed by atoms with Crippen LogP contribution < -0.4 is 9.47 Å². The molecule has 0 saturated carbocycles. The summed E-state index contributed by atoms with van der Waals surface area (Å²) in [5.41, 5.74) is 3.13. The molecule has 0 heterocycles. The van der Waals surface area contributed by atoms with Crippen molar-refractivity contribution in [1.29, 1.82) is 0 Å². The molecular weight excluding hydrogens is 382 g/mol. The number of rotatable bonds is 8. The first-order chi connectivity index (χ1) is 14.0. The van der Waals surface area contributed by atoms with E-state index in [1.807, 2.05) is 12.1 Å². The highest BCUT2D eigenvalue weighted by atomic mass is 19.3. The highest BCUT2D eigenvalue weighted by molar-refractivity contribution is 5.99. The number of para-hydroxylation sites is 1. The molecule has 0 spiro atoms. The van der Waals surface area contributed by atoms with Gasteiger partial charge in [0.15, 0.2) is 23.9 Å². The Morgan fingerprint density at radius 1 is 1.14 bits per heavy atom. The molecule has 0 aromatic heterocycles. The second-order valence-electron chi connectivity index (χ2n) is 6.46. The predicted octanol–water partition coefficient (Wildman–Crippen LogP) is 4.22. The molecule has 3 rings (SSSR count). The maximum Gasteiger partial charge on any atom is 0.387 e. The van der Waals surface area contributed by atoms with Gasteiger partial charge in [-0.1, -0.05) is 24.3 Å². The topological polar surface area (TPSA) is 61.8 Å². The first-order valence-electron chi connectivity index (χ1n) is 9.09. The third-order valence-corrected chi connectivity index (χ3v) is 4.60. The normalized spacial score (nSPS) is 12.8. The predicted molar refractivity (Wildman–Crippen MR) is 102 cm³/mol. The average molecular weight is 402 g/mol. The molecular formula is C22H20F2O5. The van der Waals surface area contributed by atoms with Crippen molar-refractivity contribution in [3.05, 3.63) is 64.7 Å². The van der Waals surface area contributed by atoms with Crippen LogP contribution in [-0.4, -0.2) is 32.1 Å². The number of carbonyl (C=O) groups excluding carboxylic acids is 2. The van der Waals surface area contributed by atoms with E-state index in [-0.39, 0.29) is 22.8 Å². The van der Waals surface area contributed by atoms with Gasteiger partial charge < -0.3 is 14.2 Å². The van der Waals surface area contributed by atoms with E-state index in [0.29, 0.717) is 5.56 Å². The highest BCUT2D eigenvalue weighted by Crippen LogP contribution is 2.33. The van der Waals surface area contributed by atoms with Crippen LogP contribution in [0, 0.1) is 0 Å². The van der Waals surface area contributed by atoms with Crippen molar-refractivity contribution < 1.29 is 32.6 Å². The number of esters is 1. The van der Waals surface area contributed by atoms with E-state index in [1.165, 1.54) is 30.9 Å². The Balaban J connectivity index is 1.62. The van der Waals surface area contributed by atoms with E-state index >= 15 is 0 Å². The van der Waals surface area contributed by atoms with Crippen LogP contribution in [0.2, 0.25) is 0 Å². The fourth-order valence-electron chi connectivity index (χ4n) is 3.21. The zero-order chi connectivity index (χ0) is 20.8. The van der Waals surface area contributed by atoms with Crippen molar-refractivity contribution in [2.75, 3.05) is 13.7 Å².